The summed E-state index contributed by atoms with van der Waals surface area (Å²) in [6.07, 6.45) is 82.3. The van der Waals surface area contributed by atoms with Gasteiger partial charge in [-0.3, -0.25) is 14.4 Å². The van der Waals surface area contributed by atoms with Crippen LogP contribution in [0, 0.1) is 0 Å². The van der Waals surface area contributed by atoms with Crippen molar-refractivity contribution in [1.29, 1.82) is 0 Å². The van der Waals surface area contributed by atoms with Gasteiger partial charge in [0.1, 0.15) is 13.2 Å². The number of rotatable bonds is 61. The molecule has 76 heavy (non-hydrogen) atoms. The van der Waals surface area contributed by atoms with E-state index in [-0.39, 0.29) is 31.1 Å². The average Bonchev–Trinajstić information content (AvgIpc) is 3.42. The molecule has 1 atom stereocenters. The van der Waals surface area contributed by atoms with Crippen LogP contribution in [0.2, 0.25) is 0 Å². The molecule has 0 saturated heterocycles. The van der Waals surface area contributed by atoms with Crippen molar-refractivity contribution in [2.45, 2.75) is 354 Å². The maximum absolute atomic E-state index is 12.9. The zero-order valence-electron chi connectivity index (χ0n) is 50.8. The highest BCUT2D eigenvalue weighted by Gasteiger charge is 2.19. The highest BCUT2D eigenvalue weighted by Crippen LogP contribution is 2.18. The Morgan fingerprint density at radius 3 is 0.803 bits per heavy atom. The van der Waals surface area contributed by atoms with Crippen molar-refractivity contribution in [2.75, 3.05) is 13.2 Å². The molecular formula is C70H126O6. The fourth-order valence-corrected chi connectivity index (χ4v) is 9.83. The Bertz CT molecular complexity index is 1360. The molecule has 0 radical (unpaired) electrons. The lowest BCUT2D eigenvalue weighted by Crippen LogP contribution is -2.30. The zero-order chi connectivity index (χ0) is 55.0. The standard InChI is InChI=1S/C70H126O6/c1-4-7-10-13-16-19-22-25-28-31-33-35-37-39-42-45-48-51-54-57-60-63-69(72)75-66-67(65-74-68(71)62-59-56-53-50-47-44-41-38-30-27-24-21-18-15-12-9-6-3)76-70(73)64-61-58-55-52-49-46-43-40-36-34-32-29-26-23-20-17-14-11-8-5-2/h7,10,16,19,25,28,33,35,39,42,67H,4-6,8-9,11-15,17-18,20-24,26-27,29-32,34,36-38,40-41,43-66H2,1-3H3/b10-7-,19-16-,28-25-,35-33-,42-39-. The topological polar surface area (TPSA) is 78.9 Å². The molecular weight excluding hydrogens is 937 g/mol. The third kappa shape index (κ3) is 62.0. The molecule has 1 unspecified atom stereocenters. The molecule has 0 aliphatic heterocycles. The van der Waals surface area contributed by atoms with E-state index in [9.17, 15) is 14.4 Å². The Balaban J connectivity index is 4.37. The van der Waals surface area contributed by atoms with Crippen molar-refractivity contribution in [2.24, 2.45) is 0 Å². The second kappa shape index (κ2) is 64.6. The van der Waals surface area contributed by atoms with Gasteiger partial charge in [-0.25, -0.2) is 0 Å². The Kier molecular flexibility index (Phi) is 62.2. The summed E-state index contributed by atoms with van der Waals surface area (Å²) in [5.41, 5.74) is 0. The molecule has 0 aromatic rings. The van der Waals surface area contributed by atoms with Crippen LogP contribution >= 0.6 is 0 Å². The fraction of sp³-hybridized carbons (Fsp3) is 0.814. The Morgan fingerprint density at radius 1 is 0.276 bits per heavy atom. The summed E-state index contributed by atoms with van der Waals surface area (Å²) < 4.78 is 17.0. The lowest BCUT2D eigenvalue weighted by molar-refractivity contribution is -0.167. The van der Waals surface area contributed by atoms with Crippen LogP contribution in [-0.2, 0) is 28.6 Å². The molecule has 0 spiro atoms. The van der Waals surface area contributed by atoms with Gasteiger partial charge in [0, 0.05) is 19.3 Å². The predicted octanol–water partition coefficient (Wildman–Crippen LogP) is 22.7. The second-order valence-corrected chi connectivity index (χ2v) is 22.4. The Labute approximate surface area is 472 Å². The number of esters is 3. The van der Waals surface area contributed by atoms with Crippen LogP contribution in [0.5, 0.6) is 0 Å². The maximum Gasteiger partial charge on any atom is 0.306 e. The van der Waals surface area contributed by atoms with E-state index in [0.717, 1.165) is 109 Å². The van der Waals surface area contributed by atoms with Crippen molar-refractivity contribution >= 4 is 17.9 Å². The first-order valence-electron chi connectivity index (χ1n) is 33.3. The monoisotopic (exact) mass is 1060 g/mol. The minimum atomic E-state index is -0.781. The summed E-state index contributed by atoms with van der Waals surface area (Å²) in [7, 11) is 0. The number of unbranched alkanes of at least 4 members (excludes halogenated alkanes) is 40. The van der Waals surface area contributed by atoms with E-state index < -0.39 is 6.10 Å². The van der Waals surface area contributed by atoms with Crippen LogP contribution in [0.4, 0.5) is 0 Å². The van der Waals surface area contributed by atoms with Gasteiger partial charge in [0.2, 0.25) is 0 Å². The Hall–Kier alpha value is -2.89. The van der Waals surface area contributed by atoms with Gasteiger partial charge in [-0.2, -0.15) is 0 Å². The molecule has 0 aromatic carbocycles. The van der Waals surface area contributed by atoms with Gasteiger partial charge in [-0.1, -0.05) is 326 Å². The molecule has 0 N–H and O–H groups in total. The first-order chi connectivity index (χ1) is 37.5. The highest BCUT2D eigenvalue weighted by molar-refractivity contribution is 5.71. The minimum absolute atomic E-state index is 0.0754. The Morgan fingerprint density at radius 2 is 0.513 bits per heavy atom. The van der Waals surface area contributed by atoms with E-state index in [1.54, 1.807) is 0 Å². The maximum atomic E-state index is 12.9. The minimum Gasteiger partial charge on any atom is -0.462 e. The third-order valence-corrected chi connectivity index (χ3v) is 14.8. The molecule has 0 heterocycles. The molecule has 6 heteroatoms. The number of carbonyl (C=O) groups is 3. The summed E-state index contributed by atoms with van der Waals surface area (Å²) in [5.74, 6) is -0.871. The first kappa shape index (κ1) is 73.1. The lowest BCUT2D eigenvalue weighted by atomic mass is 10.0. The molecule has 0 aromatic heterocycles. The summed E-state index contributed by atoms with van der Waals surface area (Å²) in [4.78, 5) is 38.4. The largest absolute Gasteiger partial charge is 0.462 e. The molecule has 0 saturated carbocycles. The molecule has 6 nitrogen and oxygen atoms in total. The SMILES string of the molecule is CC/C=C\C/C=C\C/C=C\C/C=C\C/C=C\CCCCCCCC(=O)OCC(COC(=O)CCCCCCCCCCCCCCCCCCC)OC(=O)CCCCCCCCCCCCCCCCCCCCCC. The van der Waals surface area contributed by atoms with Crippen LogP contribution in [0.1, 0.15) is 348 Å². The number of ether oxygens (including phenoxy) is 3. The summed E-state index contributed by atoms with van der Waals surface area (Å²) >= 11 is 0. The van der Waals surface area contributed by atoms with Crippen molar-refractivity contribution in [3.8, 4) is 0 Å². The highest BCUT2D eigenvalue weighted by atomic mass is 16.6. The number of carbonyl (C=O) groups excluding carboxylic acids is 3. The van der Waals surface area contributed by atoms with Gasteiger partial charge < -0.3 is 14.2 Å². The quantitative estimate of drug-likeness (QED) is 0.0261. The summed E-state index contributed by atoms with van der Waals surface area (Å²) in [5, 5.41) is 0. The predicted molar refractivity (Wildman–Crippen MR) is 330 cm³/mol. The number of hydrogen-bond acceptors (Lipinski definition) is 6. The van der Waals surface area contributed by atoms with Gasteiger partial charge in [-0.05, 0) is 64.2 Å². The number of hydrogen-bond donors (Lipinski definition) is 0. The normalized spacial score (nSPS) is 12.4. The van der Waals surface area contributed by atoms with Crippen molar-refractivity contribution in [1.82, 2.24) is 0 Å². The molecule has 0 aliphatic rings. The first-order valence-corrected chi connectivity index (χ1v) is 33.3. The average molecular weight is 1060 g/mol. The van der Waals surface area contributed by atoms with E-state index in [1.807, 2.05) is 0 Å². The summed E-state index contributed by atoms with van der Waals surface area (Å²) in [6.45, 7) is 6.58. The van der Waals surface area contributed by atoms with E-state index in [1.165, 1.54) is 199 Å². The van der Waals surface area contributed by atoms with Gasteiger partial charge in [0.05, 0.1) is 0 Å². The number of allylic oxidation sites excluding steroid dienone is 10. The lowest BCUT2D eigenvalue weighted by Gasteiger charge is -2.18. The molecule has 0 rings (SSSR count). The zero-order valence-corrected chi connectivity index (χ0v) is 50.8. The molecule has 0 aliphatic carbocycles. The van der Waals surface area contributed by atoms with Crippen LogP contribution in [-0.4, -0.2) is 37.2 Å². The second-order valence-electron chi connectivity index (χ2n) is 22.4. The smallest absolute Gasteiger partial charge is 0.306 e. The van der Waals surface area contributed by atoms with E-state index in [4.69, 9.17) is 14.2 Å². The van der Waals surface area contributed by atoms with Gasteiger partial charge in [0.25, 0.3) is 0 Å². The van der Waals surface area contributed by atoms with Crippen LogP contribution in [0.25, 0.3) is 0 Å². The third-order valence-electron chi connectivity index (χ3n) is 14.8. The molecule has 0 bridgehead atoms. The van der Waals surface area contributed by atoms with Crippen LogP contribution in [0.15, 0.2) is 60.8 Å². The van der Waals surface area contributed by atoms with Crippen LogP contribution < -0.4 is 0 Å². The van der Waals surface area contributed by atoms with Crippen molar-refractivity contribution in [3.05, 3.63) is 60.8 Å². The van der Waals surface area contributed by atoms with Gasteiger partial charge >= 0.3 is 17.9 Å². The van der Waals surface area contributed by atoms with E-state index in [0.29, 0.717) is 19.3 Å². The van der Waals surface area contributed by atoms with E-state index >= 15 is 0 Å². The molecule has 442 valence electrons. The van der Waals surface area contributed by atoms with Gasteiger partial charge in [0.15, 0.2) is 6.10 Å². The van der Waals surface area contributed by atoms with Crippen molar-refractivity contribution < 1.29 is 28.6 Å². The summed E-state index contributed by atoms with van der Waals surface area (Å²) in [6, 6.07) is 0. The fourth-order valence-electron chi connectivity index (χ4n) is 9.83. The van der Waals surface area contributed by atoms with Gasteiger partial charge in [-0.15, -0.1) is 0 Å². The van der Waals surface area contributed by atoms with Crippen LogP contribution in [0.3, 0.4) is 0 Å². The van der Waals surface area contributed by atoms with Crippen molar-refractivity contribution in [3.63, 3.8) is 0 Å². The van der Waals surface area contributed by atoms with E-state index in [2.05, 4.69) is 81.5 Å². The molecule has 0 fully saturated rings. The molecule has 0 amide bonds.